The number of aliphatic hydroxyl groups excluding tert-OH is 3. The van der Waals surface area contributed by atoms with Gasteiger partial charge in [-0.3, -0.25) is 57.5 Å². The Morgan fingerprint density at radius 3 is 1.32 bits per heavy atom. The fourth-order valence-corrected chi connectivity index (χ4v) is 11.5. The third-order valence-electron chi connectivity index (χ3n) is 16.2. The van der Waals surface area contributed by atoms with E-state index in [4.69, 9.17) is 93.8 Å². The van der Waals surface area contributed by atoms with E-state index in [2.05, 4.69) is 32.5 Å². The summed E-state index contributed by atoms with van der Waals surface area (Å²) < 4.78 is 90.5. The molecule has 16 atom stereocenters. The third kappa shape index (κ3) is 31.6. The van der Waals surface area contributed by atoms with E-state index in [9.17, 15) is 63.3 Å². The number of nitrogens with one attached hydrogen (secondary N) is 2. The van der Waals surface area contributed by atoms with Crippen molar-refractivity contribution < 1.29 is 125 Å². The second-order valence-electron chi connectivity index (χ2n) is 24.2. The average Bonchev–Trinajstić information content (AvgIpc) is 1.67. The van der Waals surface area contributed by atoms with Gasteiger partial charge in [0, 0.05) is 95.0 Å². The lowest BCUT2D eigenvalue weighted by molar-refractivity contribution is -0.161. The summed E-state index contributed by atoms with van der Waals surface area (Å²) in [6, 6.07) is 26.3. The predicted molar refractivity (Wildman–Crippen MR) is 402 cm³/mol. The fourth-order valence-electron chi connectivity index (χ4n) is 11.0. The highest BCUT2D eigenvalue weighted by atomic mass is 127. The first-order valence-electron chi connectivity index (χ1n) is 34.4. The molecule has 0 radical (unpaired) electrons. The topological polar surface area (TPSA) is 430 Å². The average molecular weight is 1700 g/mol. The molecule has 34 nitrogen and oxygen atoms in total. The molecular formula is C75H96ClIN4O30. The summed E-state index contributed by atoms with van der Waals surface area (Å²) >= 11 is 6.80. The lowest BCUT2D eigenvalue weighted by atomic mass is 10.1. The number of hydrogen-bond acceptors (Lipinski definition) is 30. The largest absolute Gasteiger partial charge is 0.469 e. The normalized spacial score (nSPS) is 23.8. The minimum atomic E-state index is -1.16. The number of aliphatic hydroxyl groups is 3. The van der Waals surface area contributed by atoms with Crippen LogP contribution in [0.15, 0.2) is 123 Å². The molecule has 4 aliphatic rings. The highest BCUT2D eigenvalue weighted by molar-refractivity contribution is 14.1. The van der Waals surface area contributed by atoms with E-state index in [1.807, 2.05) is 31.2 Å². The molecule has 0 bridgehead atoms. The van der Waals surface area contributed by atoms with Crippen molar-refractivity contribution in [2.45, 2.75) is 163 Å². The molecule has 4 fully saturated rings. The molecule has 4 aliphatic heterocycles. The number of nitrogens with zero attached hydrogens (tertiary/aromatic N) is 2. The van der Waals surface area contributed by atoms with Gasteiger partial charge < -0.3 is 95.8 Å². The number of ether oxygens (including phenoxy) is 17. The van der Waals surface area contributed by atoms with Gasteiger partial charge in [-0.2, -0.15) is 0 Å². The van der Waals surface area contributed by atoms with E-state index in [0.29, 0.717) is 66.1 Å². The van der Waals surface area contributed by atoms with Gasteiger partial charge >= 0.3 is 41.2 Å². The number of aromatic amines is 2. The van der Waals surface area contributed by atoms with Crippen LogP contribution in [0.4, 0.5) is 0 Å². The van der Waals surface area contributed by atoms with Gasteiger partial charge in [0.1, 0.15) is 103 Å². The number of carbonyl (C=O) groups excluding carboxylic acids is 6. The van der Waals surface area contributed by atoms with Crippen LogP contribution in [-0.2, 0) is 95.1 Å². The standard InChI is InChI=1S/C23H26N2O8.C12H20O7.C12H12O2.C11H15IN2O6.C9H7ClO3.C8H16O4/c1-30-14-17-20(31-2)19(27)22(33-17)25-13-15(21(28)24-23(25)29)9-5-3-8-12-18(26)32-16-10-6-4-7-11-16;1-7-11(19-10(14)5-9(13)16-3)12(17-4)8(18-7)6-15-2;1-2-3-5-10-12(13)14-11-8-6-4-7-9-11;1-18-4-6-8(19-2)7(15)10(20-6)14-3-5(12)9(16)13-11(14)17;10-8(11)6-9(12)13-7-4-2-1-3-5-7;1-5-7(9)8(11-3)6(12-5)4-10-2/h4,6-7,10-11,13,17,19-20,22,27H,3,8,12,14H2,1-2H3,(H,24,28,29);7-8,11-12H,5-6H2,1-4H3;1,4,6-9H,3,5,10H2;3,6-8,10,15H,4H2,1-2H3,(H,13,16,17);1-5H,6H2;5-9H,4H2,1-3H3/t17-,19?,20+,22-;7-,8+,11?,12-;;6-,7?,8+,10-;;5-,6+,7?,8-/m10.1.0/s1. The van der Waals surface area contributed by atoms with Crippen LogP contribution >= 0.6 is 34.2 Å². The molecule has 0 spiro atoms. The molecule has 5 aromatic rings. The summed E-state index contributed by atoms with van der Waals surface area (Å²) in [6.45, 7) is 4.78. The number of halogens is 2. The smallest absolute Gasteiger partial charge is 0.330 e. The Bertz CT molecular complexity index is 4020. The number of esters is 5. The van der Waals surface area contributed by atoms with Crippen molar-refractivity contribution in [2.75, 3.05) is 90.4 Å². The van der Waals surface area contributed by atoms with Crippen LogP contribution < -0.4 is 36.7 Å². The Morgan fingerprint density at radius 2 is 0.892 bits per heavy atom. The monoisotopic (exact) mass is 1690 g/mol. The van der Waals surface area contributed by atoms with Crippen LogP contribution in [0.5, 0.6) is 17.2 Å². The van der Waals surface area contributed by atoms with E-state index < -0.39 is 126 Å². The Morgan fingerprint density at radius 1 is 0.495 bits per heavy atom. The summed E-state index contributed by atoms with van der Waals surface area (Å²) in [5.41, 5.74) is -2.49. The highest BCUT2D eigenvalue weighted by Crippen LogP contribution is 2.33. The first-order chi connectivity index (χ1) is 53.2. The first kappa shape index (κ1) is 95.0. The lowest BCUT2D eigenvalue weighted by Crippen LogP contribution is -2.39. The minimum Gasteiger partial charge on any atom is -0.469 e. The zero-order valence-electron chi connectivity index (χ0n) is 63.1. The zero-order valence-corrected chi connectivity index (χ0v) is 66.0. The number of methoxy groups -OCH3 is 9. The third-order valence-corrected chi connectivity index (χ3v) is 17.1. The van der Waals surface area contributed by atoms with Gasteiger partial charge in [-0.1, -0.05) is 66.4 Å². The molecule has 6 heterocycles. The molecule has 0 amide bonds. The Balaban J connectivity index is 0.000000293. The molecule has 9 rings (SSSR count). The van der Waals surface area contributed by atoms with E-state index in [-0.39, 0.29) is 67.7 Å². The number of terminal acetylenes is 1. The molecule has 4 saturated heterocycles. The molecule has 2 aromatic heterocycles. The van der Waals surface area contributed by atoms with Crippen LogP contribution in [0.25, 0.3) is 0 Å². The second-order valence-corrected chi connectivity index (χ2v) is 25.7. The number of rotatable bonds is 28. The minimum absolute atomic E-state index is 0.0291. The van der Waals surface area contributed by atoms with Gasteiger partial charge in [-0.25, -0.2) is 9.59 Å². The number of H-pyrrole nitrogens is 2. The van der Waals surface area contributed by atoms with Crippen molar-refractivity contribution in [3.05, 3.63) is 154 Å². The Labute approximate surface area is 658 Å². The summed E-state index contributed by atoms with van der Waals surface area (Å²) in [7, 11) is 13.3. The van der Waals surface area contributed by atoms with Crippen LogP contribution in [0.3, 0.4) is 0 Å². The van der Waals surface area contributed by atoms with Gasteiger partial charge in [-0.05, 0) is 97.3 Å². The quantitative estimate of drug-likeness (QED) is 0.00910. The maximum absolute atomic E-state index is 12.3. The van der Waals surface area contributed by atoms with Crippen molar-refractivity contribution in [1.82, 2.24) is 19.1 Å². The molecular weight excluding hydrogens is 1600 g/mol. The van der Waals surface area contributed by atoms with E-state index in [1.54, 1.807) is 118 Å². The van der Waals surface area contributed by atoms with Crippen LogP contribution in [0, 0.1) is 27.8 Å². The van der Waals surface area contributed by atoms with Crippen molar-refractivity contribution in [3.63, 3.8) is 0 Å². The maximum atomic E-state index is 12.3. The summed E-state index contributed by atoms with van der Waals surface area (Å²) in [5, 5.41) is 29.6. The number of para-hydroxylation sites is 3. The SMILES string of the molecule is C#CCCCC(=O)Oc1ccccc1.COC[C@H]1O[C@@H](C)C(O)[C@H]1OC.COC[C@H]1O[C@@H](C)C(OC(=O)CC(=O)OC)[C@H]1OC.COC[C@H]1O[C@@H](n2cc(C#CCCCC(=O)Oc3ccccc3)c(=O)[nH]c2=O)C(O)[C@H]1OC.COC[C@H]1O[C@@H](n2cc(I)c(=O)[nH]c2=O)C(O)[C@H]1OC.O=C(Cl)CC(=O)Oc1ccccc1. The second kappa shape index (κ2) is 51.3. The summed E-state index contributed by atoms with van der Waals surface area (Å²) in [5.74, 6) is 6.91. The van der Waals surface area contributed by atoms with E-state index in [0.717, 1.165) is 9.13 Å². The van der Waals surface area contributed by atoms with Crippen molar-refractivity contribution >= 4 is 69.3 Å². The van der Waals surface area contributed by atoms with Gasteiger partial charge in [0.05, 0.1) is 49.3 Å². The molecule has 0 aliphatic carbocycles. The van der Waals surface area contributed by atoms with Crippen LogP contribution in [0.2, 0.25) is 0 Å². The van der Waals surface area contributed by atoms with Gasteiger partial charge in [-0.15, -0.1) is 12.3 Å². The first-order valence-corrected chi connectivity index (χ1v) is 35.9. The molecule has 5 N–H and O–H groups in total. The maximum Gasteiger partial charge on any atom is 0.330 e. The van der Waals surface area contributed by atoms with Gasteiger partial charge in [0.25, 0.3) is 11.1 Å². The molecule has 3 aromatic carbocycles. The molecule has 111 heavy (non-hydrogen) atoms. The number of benzene rings is 3. The van der Waals surface area contributed by atoms with Crippen molar-refractivity contribution in [1.29, 1.82) is 0 Å². The molecule has 610 valence electrons. The molecule has 36 heteroatoms. The Kier molecular flexibility index (Phi) is 43.9. The number of carbonyl (C=O) groups is 6. The van der Waals surface area contributed by atoms with Crippen molar-refractivity contribution in [3.8, 4) is 41.4 Å². The highest BCUT2D eigenvalue weighted by Gasteiger charge is 2.48. The van der Waals surface area contributed by atoms with Gasteiger partial charge in [0.2, 0.25) is 5.24 Å². The van der Waals surface area contributed by atoms with Crippen LogP contribution in [-0.4, -0.2) is 245 Å². The van der Waals surface area contributed by atoms with E-state index >= 15 is 0 Å². The van der Waals surface area contributed by atoms with Gasteiger partial charge in [0.15, 0.2) is 18.6 Å². The summed E-state index contributed by atoms with van der Waals surface area (Å²) in [4.78, 5) is 119. The van der Waals surface area contributed by atoms with Crippen molar-refractivity contribution in [2.24, 2.45) is 0 Å². The van der Waals surface area contributed by atoms with Crippen LogP contribution in [0.1, 0.15) is 83.2 Å². The molecule has 4 unspecified atom stereocenters. The molecule has 0 saturated carbocycles. The van der Waals surface area contributed by atoms with E-state index in [1.165, 1.54) is 55.1 Å². The number of unbranched alkanes of at least 4 members (excludes halogenated alkanes) is 2. The number of aromatic nitrogens is 4. The Hall–Kier alpha value is -8.42. The lowest BCUT2D eigenvalue weighted by Gasteiger charge is -2.21. The predicted octanol–water partition coefficient (Wildman–Crippen LogP) is 3.49. The summed E-state index contributed by atoms with van der Waals surface area (Å²) in [6.07, 6.45) is 0.0682. The fraction of sp³-hybridized carbons (Fsp3) is 0.520. The zero-order chi connectivity index (χ0) is 82.1. The number of hydrogen-bond donors (Lipinski definition) is 5.